The minimum atomic E-state index is -0.710. The lowest BCUT2D eigenvalue weighted by molar-refractivity contribution is -0.140. The van der Waals surface area contributed by atoms with Gasteiger partial charge in [0, 0.05) is 31.7 Å². The number of hydrogen-bond donors (Lipinski definition) is 1. The van der Waals surface area contributed by atoms with Crippen molar-refractivity contribution in [1.29, 1.82) is 0 Å². The summed E-state index contributed by atoms with van der Waals surface area (Å²) in [5.74, 6) is -0.214. The number of ketones is 1. The summed E-state index contributed by atoms with van der Waals surface area (Å²) in [5, 5.41) is 11.3. The number of rotatable bonds is 10. The predicted octanol–water partition coefficient (Wildman–Crippen LogP) is 3.40. The largest absolute Gasteiger partial charge is 0.507 e. The van der Waals surface area contributed by atoms with E-state index in [4.69, 9.17) is 14.2 Å². The van der Waals surface area contributed by atoms with Gasteiger partial charge in [0.15, 0.2) is 0 Å². The van der Waals surface area contributed by atoms with Gasteiger partial charge in [0.1, 0.15) is 23.9 Å². The van der Waals surface area contributed by atoms with Gasteiger partial charge in [0.05, 0.1) is 31.4 Å². The Hall–Kier alpha value is -3.62. The topological polar surface area (TPSA) is 88.5 Å². The van der Waals surface area contributed by atoms with Crippen molar-refractivity contribution in [2.45, 2.75) is 13.0 Å². The molecule has 2 saturated heterocycles. The maximum atomic E-state index is 13.2. The molecule has 0 bridgehead atoms. The van der Waals surface area contributed by atoms with Gasteiger partial charge in [0.25, 0.3) is 11.7 Å². The highest BCUT2D eigenvalue weighted by molar-refractivity contribution is 6.46. The summed E-state index contributed by atoms with van der Waals surface area (Å²) < 4.78 is 16.5. The molecule has 4 rings (SSSR count). The van der Waals surface area contributed by atoms with Gasteiger partial charge < -0.3 is 24.2 Å². The van der Waals surface area contributed by atoms with Crippen LogP contribution in [0.25, 0.3) is 5.76 Å². The van der Waals surface area contributed by atoms with Crippen molar-refractivity contribution in [1.82, 2.24) is 9.80 Å². The fourth-order valence-corrected chi connectivity index (χ4v) is 4.46. The quantitative estimate of drug-likeness (QED) is 0.235. The first-order valence-corrected chi connectivity index (χ1v) is 12.2. The minimum Gasteiger partial charge on any atom is -0.507 e. The molecule has 0 saturated carbocycles. The third-order valence-corrected chi connectivity index (χ3v) is 6.30. The van der Waals surface area contributed by atoms with Crippen LogP contribution in [0.4, 0.5) is 0 Å². The van der Waals surface area contributed by atoms with E-state index in [0.717, 1.165) is 18.7 Å². The maximum absolute atomic E-state index is 13.2. The number of likely N-dealkylation sites (tertiary alicyclic amines) is 1. The molecule has 36 heavy (non-hydrogen) atoms. The van der Waals surface area contributed by atoms with Crippen LogP contribution in [-0.4, -0.2) is 79.2 Å². The number of hydrogen-bond acceptors (Lipinski definition) is 7. The van der Waals surface area contributed by atoms with Crippen LogP contribution in [0, 0.1) is 0 Å². The van der Waals surface area contributed by atoms with Crippen molar-refractivity contribution < 1.29 is 28.9 Å². The molecule has 0 unspecified atom stereocenters. The normalized spacial score (nSPS) is 19.9. The van der Waals surface area contributed by atoms with Gasteiger partial charge in [0.2, 0.25) is 0 Å². The van der Waals surface area contributed by atoms with Gasteiger partial charge in [-0.15, -0.1) is 0 Å². The average Bonchev–Trinajstić information content (AvgIpc) is 3.17. The van der Waals surface area contributed by atoms with Gasteiger partial charge in [-0.2, -0.15) is 0 Å². The molecule has 1 N–H and O–H groups in total. The highest BCUT2D eigenvalue weighted by Crippen LogP contribution is 2.40. The summed E-state index contributed by atoms with van der Waals surface area (Å²) in [4.78, 5) is 30.2. The first kappa shape index (κ1) is 25.5. The smallest absolute Gasteiger partial charge is 0.295 e. The van der Waals surface area contributed by atoms with E-state index in [1.807, 2.05) is 31.2 Å². The van der Waals surface area contributed by atoms with Crippen LogP contribution in [0.15, 0.2) is 66.8 Å². The summed E-state index contributed by atoms with van der Waals surface area (Å²) in [6, 6.07) is 13.3. The number of Topliss-reactive ketones (excluding diaryl/α,β-unsaturated/α-hetero) is 1. The van der Waals surface area contributed by atoms with Crippen molar-refractivity contribution in [3.63, 3.8) is 0 Å². The van der Waals surface area contributed by atoms with E-state index < -0.39 is 17.7 Å². The van der Waals surface area contributed by atoms with Crippen LogP contribution in [-0.2, 0) is 14.3 Å². The third-order valence-electron chi connectivity index (χ3n) is 6.30. The van der Waals surface area contributed by atoms with Gasteiger partial charge in [-0.1, -0.05) is 24.8 Å². The average molecular weight is 493 g/mol. The van der Waals surface area contributed by atoms with Gasteiger partial charge >= 0.3 is 0 Å². The summed E-state index contributed by atoms with van der Waals surface area (Å²) in [7, 11) is 0. The first-order valence-electron chi connectivity index (χ1n) is 12.2. The molecule has 0 aliphatic carbocycles. The Morgan fingerprint density at radius 2 is 1.67 bits per heavy atom. The van der Waals surface area contributed by atoms with Crippen LogP contribution >= 0.6 is 0 Å². The van der Waals surface area contributed by atoms with Crippen LogP contribution in [0.5, 0.6) is 11.5 Å². The summed E-state index contributed by atoms with van der Waals surface area (Å²) in [5.41, 5.74) is 1.24. The van der Waals surface area contributed by atoms with E-state index in [-0.39, 0.29) is 11.3 Å². The fraction of sp³-hybridized carbons (Fsp3) is 0.357. The molecule has 1 amide bonds. The van der Waals surface area contributed by atoms with E-state index in [9.17, 15) is 14.7 Å². The molecular weight excluding hydrogens is 460 g/mol. The number of benzene rings is 2. The van der Waals surface area contributed by atoms with E-state index in [1.165, 1.54) is 0 Å². The van der Waals surface area contributed by atoms with Crippen molar-refractivity contribution in [2.24, 2.45) is 0 Å². The molecular formula is C28H32N2O6. The molecule has 8 heteroatoms. The number of aliphatic hydroxyl groups is 1. The van der Waals surface area contributed by atoms with E-state index in [1.54, 1.807) is 35.2 Å². The Bertz CT molecular complexity index is 1100. The fourth-order valence-electron chi connectivity index (χ4n) is 4.46. The van der Waals surface area contributed by atoms with Crippen molar-refractivity contribution in [2.75, 3.05) is 52.6 Å². The molecule has 2 aliphatic rings. The number of carbonyl (C=O) groups is 2. The van der Waals surface area contributed by atoms with E-state index in [0.29, 0.717) is 56.6 Å². The Labute approximate surface area is 211 Å². The van der Waals surface area contributed by atoms with Crippen LogP contribution in [0.3, 0.4) is 0 Å². The summed E-state index contributed by atoms with van der Waals surface area (Å²) in [6.07, 6.45) is 1.64. The number of ether oxygens (including phenoxy) is 3. The Balaban J connectivity index is 1.68. The highest BCUT2D eigenvalue weighted by atomic mass is 16.5. The maximum Gasteiger partial charge on any atom is 0.295 e. The molecule has 2 aromatic rings. The molecule has 2 heterocycles. The zero-order valence-corrected chi connectivity index (χ0v) is 20.5. The third kappa shape index (κ3) is 5.61. The molecule has 0 radical (unpaired) electrons. The molecule has 2 aromatic carbocycles. The van der Waals surface area contributed by atoms with E-state index >= 15 is 0 Å². The summed E-state index contributed by atoms with van der Waals surface area (Å²) >= 11 is 0. The second-order valence-electron chi connectivity index (χ2n) is 8.57. The number of carbonyl (C=O) groups excluding carboxylic acids is 2. The predicted molar refractivity (Wildman–Crippen MR) is 136 cm³/mol. The number of nitrogens with zero attached hydrogens (tertiary/aromatic N) is 2. The Morgan fingerprint density at radius 3 is 2.31 bits per heavy atom. The number of morpholine rings is 1. The Morgan fingerprint density at radius 1 is 1.03 bits per heavy atom. The van der Waals surface area contributed by atoms with Crippen LogP contribution < -0.4 is 9.47 Å². The number of amides is 1. The highest BCUT2D eigenvalue weighted by Gasteiger charge is 2.46. The van der Waals surface area contributed by atoms with Gasteiger partial charge in [-0.25, -0.2) is 0 Å². The zero-order chi connectivity index (χ0) is 25.5. The lowest BCUT2D eigenvalue weighted by Crippen LogP contribution is -2.42. The molecule has 0 aromatic heterocycles. The molecule has 190 valence electrons. The van der Waals surface area contributed by atoms with Crippen molar-refractivity contribution >= 4 is 17.4 Å². The monoisotopic (exact) mass is 492 g/mol. The molecule has 2 aliphatic heterocycles. The molecule has 0 spiro atoms. The van der Waals surface area contributed by atoms with Crippen molar-refractivity contribution in [3.8, 4) is 11.5 Å². The first-order chi connectivity index (χ1) is 17.5. The number of aliphatic hydroxyl groups excluding tert-OH is 1. The van der Waals surface area contributed by atoms with Crippen LogP contribution in [0.1, 0.15) is 24.1 Å². The Kier molecular flexibility index (Phi) is 8.40. The molecule has 2 fully saturated rings. The standard InChI is InChI=1S/C28H32N2O6/c1-3-17-36-23-11-7-21(8-12-23)26(31)24-25(20-5-9-22(10-6-20)35-4-2)30(28(33)27(24)32)14-13-29-15-18-34-19-16-29/h3,5-12,25,31H,1,4,13-19H2,2H3/t25-/m0/s1. The lowest BCUT2D eigenvalue weighted by Gasteiger charge is -2.31. The van der Waals surface area contributed by atoms with E-state index in [2.05, 4.69) is 11.5 Å². The SMILES string of the molecule is C=CCOc1ccc(C(O)=C2C(=O)C(=O)N(CCN3CCOCC3)[C@H]2c2ccc(OCC)cc2)cc1. The van der Waals surface area contributed by atoms with Gasteiger partial charge in [-0.05, 0) is 48.9 Å². The summed E-state index contributed by atoms with van der Waals surface area (Å²) in [6.45, 7) is 10.2. The molecule has 1 atom stereocenters. The second-order valence-corrected chi connectivity index (χ2v) is 8.57. The van der Waals surface area contributed by atoms with Crippen molar-refractivity contribution in [3.05, 3.63) is 77.9 Å². The lowest BCUT2D eigenvalue weighted by atomic mass is 9.95. The van der Waals surface area contributed by atoms with Gasteiger partial charge in [-0.3, -0.25) is 14.5 Å². The second kappa shape index (κ2) is 11.9. The zero-order valence-electron chi connectivity index (χ0n) is 20.5. The minimum absolute atomic E-state index is 0.0749. The molecule has 8 nitrogen and oxygen atoms in total. The van der Waals surface area contributed by atoms with Crippen LogP contribution in [0.2, 0.25) is 0 Å².